The van der Waals surface area contributed by atoms with Crippen molar-refractivity contribution in [2.75, 3.05) is 5.73 Å². The first-order valence-electron chi connectivity index (χ1n) is 5.64. The molecule has 0 bridgehead atoms. The average Bonchev–Trinajstić information content (AvgIpc) is 2.82. The first-order chi connectivity index (χ1) is 8.52. The van der Waals surface area contributed by atoms with Gasteiger partial charge in [-0.1, -0.05) is 12.1 Å². The SMILES string of the molecule is CC(Cc1ccco1)(C(=O)O)c1ccc(N)cc1. The first kappa shape index (κ1) is 12.2. The van der Waals surface area contributed by atoms with Crippen molar-refractivity contribution >= 4 is 11.7 Å². The van der Waals surface area contributed by atoms with Crippen molar-refractivity contribution in [2.45, 2.75) is 18.8 Å². The summed E-state index contributed by atoms with van der Waals surface area (Å²) in [6.45, 7) is 1.68. The van der Waals surface area contributed by atoms with Crippen LogP contribution in [0.3, 0.4) is 0 Å². The van der Waals surface area contributed by atoms with Crippen LogP contribution in [0.2, 0.25) is 0 Å². The number of nitrogen functional groups attached to an aromatic ring is 1. The van der Waals surface area contributed by atoms with Crippen molar-refractivity contribution in [3.05, 3.63) is 54.0 Å². The van der Waals surface area contributed by atoms with Gasteiger partial charge in [-0.3, -0.25) is 4.79 Å². The number of anilines is 1. The van der Waals surface area contributed by atoms with Gasteiger partial charge in [0.25, 0.3) is 0 Å². The number of rotatable bonds is 4. The van der Waals surface area contributed by atoms with Crippen LogP contribution in [-0.2, 0) is 16.6 Å². The van der Waals surface area contributed by atoms with Crippen LogP contribution >= 0.6 is 0 Å². The van der Waals surface area contributed by atoms with Crippen LogP contribution in [0, 0.1) is 0 Å². The third-order valence-electron chi connectivity index (χ3n) is 3.13. The van der Waals surface area contributed by atoms with Gasteiger partial charge in [0.15, 0.2) is 0 Å². The second-order valence-electron chi connectivity index (χ2n) is 4.52. The first-order valence-corrected chi connectivity index (χ1v) is 5.64. The van der Waals surface area contributed by atoms with Crippen molar-refractivity contribution in [1.82, 2.24) is 0 Å². The molecule has 1 aromatic heterocycles. The van der Waals surface area contributed by atoms with E-state index >= 15 is 0 Å². The number of hydrogen-bond donors (Lipinski definition) is 2. The molecule has 1 atom stereocenters. The lowest BCUT2D eigenvalue weighted by Crippen LogP contribution is -2.34. The predicted molar refractivity (Wildman–Crippen MR) is 68.3 cm³/mol. The number of carbonyl (C=O) groups is 1. The van der Waals surface area contributed by atoms with Crippen molar-refractivity contribution in [3.63, 3.8) is 0 Å². The van der Waals surface area contributed by atoms with Crippen molar-refractivity contribution in [1.29, 1.82) is 0 Å². The molecule has 4 nitrogen and oxygen atoms in total. The number of carboxylic acid groups (broad SMARTS) is 1. The van der Waals surface area contributed by atoms with Gasteiger partial charge in [0.1, 0.15) is 5.76 Å². The number of furan rings is 1. The van der Waals surface area contributed by atoms with Crippen molar-refractivity contribution in [2.24, 2.45) is 0 Å². The Morgan fingerprint density at radius 3 is 2.50 bits per heavy atom. The van der Waals surface area contributed by atoms with Crippen LogP contribution in [0.1, 0.15) is 18.2 Å². The van der Waals surface area contributed by atoms with E-state index in [1.807, 2.05) is 0 Å². The number of hydrogen-bond acceptors (Lipinski definition) is 3. The molecule has 2 rings (SSSR count). The maximum atomic E-state index is 11.6. The van der Waals surface area contributed by atoms with E-state index in [9.17, 15) is 9.90 Å². The smallest absolute Gasteiger partial charge is 0.314 e. The Labute approximate surface area is 105 Å². The Morgan fingerprint density at radius 2 is 2.00 bits per heavy atom. The molecule has 0 spiro atoms. The largest absolute Gasteiger partial charge is 0.481 e. The molecule has 0 saturated heterocycles. The minimum absolute atomic E-state index is 0.305. The summed E-state index contributed by atoms with van der Waals surface area (Å²) in [4.78, 5) is 11.6. The average molecular weight is 245 g/mol. The van der Waals surface area contributed by atoms with Gasteiger partial charge in [0.2, 0.25) is 0 Å². The normalized spacial score (nSPS) is 14.1. The molecule has 2 aromatic rings. The molecule has 0 fully saturated rings. The topological polar surface area (TPSA) is 76.5 Å². The molecule has 1 heterocycles. The molecule has 94 valence electrons. The van der Waals surface area contributed by atoms with Crippen LogP contribution in [0.15, 0.2) is 47.1 Å². The quantitative estimate of drug-likeness (QED) is 0.811. The molecule has 0 amide bonds. The van der Waals surface area contributed by atoms with Gasteiger partial charge in [0, 0.05) is 12.1 Å². The zero-order valence-electron chi connectivity index (χ0n) is 10.1. The number of aliphatic carboxylic acids is 1. The van der Waals surface area contributed by atoms with Gasteiger partial charge in [-0.2, -0.15) is 0 Å². The number of carboxylic acids is 1. The third-order valence-corrected chi connectivity index (χ3v) is 3.13. The monoisotopic (exact) mass is 245 g/mol. The van der Waals surface area contributed by atoms with E-state index in [2.05, 4.69) is 0 Å². The van der Waals surface area contributed by atoms with E-state index in [0.29, 0.717) is 23.4 Å². The van der Waals surface area contributed by atoms with E-state index < -0.39 is 11.4 Å². The molecular weight excluding hydrogens is 230 g/mol. The number of benzene rings is 1. The lowest BCUT2D eigenvalue weighted by atomic mass is 9.79. The maximum Gasteiger partial charge on any atom is 0.314 e. The van der Waals surface area contributed by atoms with Gasteiger partial charge in [0.05, 0.1) is 11.7 Å². The zero-order valence-corrected chi connectivity index (χ0v) is 10.1. The maximum absolute atomic E-state index is 11.6. The Bertz CT molecular complexity index is 531. The molecule has 1 unspecified atom stereocenters. The molecule has 3 N–H and O–H groups in total. The summed E-state index contributed by atoms with van der Waals surface area (Å²) in [5.41, 5.74) is 5.92. The molecule has 0 aliphatic carbocycles. The summed E-state index contributed by atoms with van der Waals surface area (Å²) in [5, 5.41) is 9.48. The minimum Gasteiger partial charge on any atom is -0.481 e. The highest BCUT2D eigenvalue weighted by Crippen LogP contribution is 2.29. The molecule has 18 heavy (non-hydrogen) atoms. The molecule has 0 aliphatic rings. The van der Waals surface area contributed by atoms with E-state index in [-0.39, 0.29) is 0 Å². The Morgan fingerprint density at radius 1 is 1.33 bits per heavy atom. The fraction of sp³-hybridized carbons (Fsp3) is 0.214. The predicted octanol–water partition coefficient (Wildman–Crippen LogP) is 2.45. The van der Waals surface area contributed by atoms with E-state index in [0.717, 1.165) is 0 Å². The van der Waals surface area contributed by atoms with Gasteiger partial charge < -0.3 is 15.3 Å². The Hall–Kier alpha value is -2.23. The lowest BCUT2D eigenvalue weighted by molar-refractivity contribution is -0.143. The lowest BCUT2D eigenvalue weighted by Gasteiger charge is -2.24. The summed E-state index contributed by atoms with van der Waals surface area (Å²) >= 11 is 0. The van der Waals surface area contributed by atoms with Crippen LogP contribution in [0.25, 0.3) is 0 Å². The molecule has 4 heteroatoms. The van der Waals surface area contributed by atoms with Gasteiger partial charge in [-0.05, 0) is 36.8 Å². The van der Waals surface area contributed by atoms with E-state index in [1.165, 1.54) is 0 Å². The zero-order chi connectivity index (χ0) is 13.2. The van der Waals surface area contributed by atoms with Crippen molar-refractivity contribution in [3.8, 4) is 0 Å². The Kier molecular flexibility index (Phi) is 3.10. The standard InChI is InChI=1S/C14H15NO3/c1-14(13(16)17,9-12-3-2-8-18-12)10-4-6-11(15)7-5-10/h2-8H,9,15H2,1H3,(H,16,17). The van der Waals surface area contributed by atoms with Crippen LogP contribution in [-0.4, -0.2) is 11.1 Å². The van der Waals surface area contributed by atoms with Crippen molar-refractivity contribution < 1.29 is 14.3 Å². The summed E-state index contributed by atoms with van der Waals surface area (Å²) < 4.78 is 5.24. The highest BCUT2D eigenvalue weighted by Gasteiger charge is 2.36. The van der Waals surface area contributed by atoms with Gasteiger partial charge >= 0.3 is 5.97 Å². The van der Waals surface area contributed by atoms with Crippen LogP contribution < -0.4 is 5.73 Å². The second kappa shape index (κ2) is 4.56. The van der Waals surface area contributed by atoms with E-state index in [4.69, 9.17) is 10.2 Å². The van der Waals surface area contributed by atoms with Gasteiger partial charge in [-0.15, -0.1) is 0 Å². The van der Waals surface area contributed by atoms with Crippen LogP contribution in [0.4, 0.5) is 5.69 Å². The molecule has 0 saturated carbocycles. The third kappa shape index (κ3) is 2.22. The van der Waals surface area contributed by atoms with Gasteiger partial charge in [-0.25, -0.2) is 0 Å². The van der Waals surface area contributed by atoms with E-state index in [1.54, 1.807) is 49.6 Å². The summed E-state index contributed by atoms with van der Waals surface area (Å²) in [6, 6.07) is 10.4. The fourth-order valence-corrected chi connectivity index (χ4v) is 1.91. The molecule has 0 aliphatic heterocycles. The molecule has 1 aromatic carbocycles. The Balaban J connectivity index is 2.37. The fourth-order valence-electron chi connectivity index (χ4n) is 1.91. The molecular formula is C14H15NO3. The minimum atomic E-state index is -1.02. The summed E-state index contributed by atoms with van der Waals surface area (Å²) in [7, 11) is 0. The van der Waals surface area contributed by atoms with Crippen LogP contribution in [0.5, 0.6) is 0 Å². The molecule has 0 radical (unpaired) electrons. The second-order valence-corrected chi connectivity index (χ2v) is 4.52. The number of nitrogens with two attached hydrogens (primary N) is 1. The highest BCUT2D eigenvalue weighted by atomic mass is 16.4. The summed E-state index contributed by atoms with van der Waals surface area (Å²) in [6.07, 6.45) is 1.85. The summed E-state index contributed by atoms with van der Waals surface area (Å²) in [5.74, 6) is -0.236. The highest BCUT2D eigenvalue weighted by molar-refractivity contribution is 5.81.